The Hall–Kier alpha value is -2.00. The van der Waals surface area contributed by atoms with Gasteiger partial charge in [-0.05, 0) is 35.9 Å². The molecule has 104 valence electrons. The Morgan fingerprint density at radius 1 is 1.05 bits per heavy atom. The lowest BCUT2D eigenvalue weighted by molar-refractivity contribution is 0.187. The van der Waals surface area contributed by atoms with Gasteiger partial charge in [0.25, 0.3) is 0 Å². The van der Waals surface area contributed by atoms with Crippen molar-refractivity contribution in [2.75, 3.05) is 14.2 Å². The smallest absolute Gasteiger partial charge is 0.176 e. The summed E-state index contributed by atoms with van der Waals surface area (Å²) < 4.78 is 16.7. The molecule has 1 heterocycles. The highest BCUT2D eigenvalue weighted by atomic mass is 16.5. The number of hydrogen-bond acceptors (Lipinski definition) is 3. The molecule has 20 heavy (non-hydrogen) atoms. The Kier molecular flexibility index (Phi) is 3.14. The van der Waals surface area contributed by atoms with Crippen LogP contribution in [0.25, 0.3) is 21.7 Å². The fraction of sp³-hybridized carbons (Fsp3) is 0.294. The quantitative estimate of drug-likeness (QED) is 0.708. The standard InChI is InChI=1S/C17H18O3/c1-10-6-5-7-12-14(10)13(9-18-3)15-11(2)8-20-17(15)16(12)19-4/h5-8H,9H2,1-4H3. The Balaban J connectivity index is 2.60. The van der Waals surface area contributed by atoms with Crippen LogP contribution < -0.4 is 4.74 Å². The maximum Gasteiger partial charge on any atom is 0.176 e. The topological polar surface area (TPSA) is 31.6 Å². The third kappa shape index (κ3) is 1.70. The first-order valence-corrected chi connectivity index (χ1v) is 6.64. The molecule has 0 aliphatic rings. The van der Waals surface area contributed by atoms with E-state index in [9.17, 15) is 0 Å². The summed E-state index contributed by atoms with van der Waals surface area (Å²) in [6, 6.07) is 6.22. The first-order chi connectivity index (χ1) is 9.69. The van der Waals surface area contributed by atoms with E-state index in [1.807, 2.05) is 6.07 Å². The average molecular weight is 270 g/mol. The second kappa shape index (κ2) is 4.84. The third-order valence-corrected chi connectivity index (χ3v) is 3.79. The molecule has 0 bridgehead atoms. The molecule has 0 fully saturated rings. The lowest BCUT2D eigenvalue weighted by Gasteiger charge is -2.14. The van der Waals surface area contributed by atoms with Crippen LogP contribution >= 0.6 is 0 Å². The lowest BCUT2D eigenvalue weighted by atomic mass is 9.95. The highest BCUT2D eigenvalue weighted by Crippen LogP contribution is 2.41. The van der Waals surface area contributed by atoms with Gasteiger partial charge in [-0.1, -0.05) is 18.2 Å². The summed E-state index contributed by atoms with van der Waals surface area (Å²) in [4.78, 5) is 0. The van der Waals surface area contributed by atoms with Crippen LogP contribution in [0, 0.1) is 13.8 Å². The summed E-state index contributed by atoms with van der Waals surface area (Å²) in [6.45, 7) is 4.72. The zero-order valence-corrected chi connectivity index (χ0v) is 12.2. The van der Waals surface area contributed by atoms with E-state index >= 15 is 0 Å². The molecule has 0 radical (unpaired) electrons. The minimum Gasteiger partial charge on any atom is -0.492 e. The number of fused-ring (bicyclic) bond motifs is 2. The number of ether oxygens (including phenoxy) is 2. The van der Waals surface area contributed by atoms with Gasteiger partial charge in [0, 0.05) is 17.9 Å². The minimum atomic E-state index is 0.558. The molecule has 0 spiro atoms. The van der Waals surface area contributed by atoms with E-state index in [4.69, 9.17) is 13.9 Å². The van der Waals surface area contributed by atoms with Gasteiger partial charge >= 0.3 is 0 Å². The van der Waals surface area contributed by atoms with Crippen LogP contribution in [0.3, 0.4) is 0 Å². The monoisotopic (exact) mass is 270 g/mol. The van der Waals surface area contributed by atoms with E-state index in [0.717, 1.165) is 27.7 Å². The number of aryl methyl sites for hydroxylation is 2. The molecule has 0 saturated carbocycles. The first-order valence-electron chi connectivity index (χ1n) is 6.64. The summed E-state index contributed by atoms with van der Waals surface area (Å²) in [5.41, 5.74) is 4.30. The van der Waals surface area contributed by atoms with E-state index in [1.165, 1.54) is 16.5 Å². The van der Waals surface area contributed by atoms with Crippen molar-refractivity contribution in [2.24, 2.45) is 0 Å². The molecule has 3 heteroatoms. The number of hydrogen-bond donors (Lipinski definition) is 0. The van der Waals surface area contributed by atoms with Gasteiger partial charge in [-0.25, -0.2) is 0 Å². The van der Waals surface area contributed by atoms with Crippen LogP contribution in [-0.2, 0) is 11.3 Å². The van der Waals surface area contributed by atoms with E-state index < -0.39 is 0 Å². The average Bonchev–Trinajstić information content (AvgIpc) is 2.81. The van der Waals surface area contributed by atoms with Crippen LogP contribution in [0.5, 0.6) is 5.75 Å². The molecule has 2 aromatic carbocycles. The maximum absolute atomic E-state index is 5.73. The number of furan rings is 1. The van der Waals surface area contributed by atoms with Crippen LogP contribution in [0.2, 0.25) is 0 Å². The number of rotatable bonds is 3. The van der Waals surface area contributed by atoms with Gasteiger partial charge in [0.05, 0.1) is 20.0 Å². The van der Waals surface area contributed by atoms with E-state index in [-0.39, 0.29) is 0 Å². The van der Waals surface area contributed by atoms with Crippen molar-refractivity contribution in [1.82, 2.24) is 0 Å². The molecule has 0 unspecified atom stereocenters. The molecule has 0 aliphatic carbocycles. The summed E-state index contributed by atoms with van der Waals surface area (Å²) in [7, 11) is 3.40. The molecule has 1 aromatic heterocycles. The summed E-state index contributed by atoms with van der Waals surface area (Å²) >= 11 is 0. The SMILES string of the molecule is COCc1c2c(C)cccc2c(OC)c2occ(C)c12. The Morgan fingerprint density at radius 3 is 2.55 bits per heavy atom. The van der Waals surface area contributed by atoms with Gasteiger partial charge in [0.1, 0.15) is 0 Å². The van der Waals surface area contributed by atoms with E-state index in [0.29, 0.717) is 6.61 Å². The van der Waals surface area contributed by atoms with Crippen molar-refractivity contribution in [1.29, 1.82) is 0 Å². The Labute approximate surface area is 118 Å². The van der Waals surface area contributed by atoms with Crippen LogP contribution in [0.4, 0.5) is 0 Å². The second-order valence-corrected chi connectivity index (χ2v) is 5.07. The predicted octanol–water partition coefficient (Wildman–Crippen LogP) is 4.36. The highest BCUT2D eigenvalue weighted by molar-refractivity contribution is 6.08. The Bertz CT molecular complexity index is 784. The molecule has 0 amide bonds. The molecule has 0 N–H and O–H groups in total. The predicted molar refractivity (Wildman–Crippen MR) is 80.5 cm³/mol. The van der Waals surface area contributed by atoms with Gasteiger partial charge in [-0.2, -0.15) is 0 Å². The van der Waals surface area contributed by atoms with Crippen LogP contribution in [0.1, 0.15) is 16.7 Å². The van der Waals surface area contributed by atoms with Crippen molar-refractivity contribution in [3.05, 3.63) is 41.2 Å². The lowest BCUT2D eigenvalue weighted by Crippen LogP contribution is -1.96. The second-order valence-electron chi connectivity index (χ2n) is 5.07. The molecule has 3 aromatic rings. The van der Waals surface area contributed by atoms with E-state index in [1.54, 1.807) is 20.5 Å². The van der Waals surface area contributed by atoms with Crippen LogP contribution in [-0.4, -0.2) is 14.2 Å². The molecule has 0 saturated heterocycles. The van der Waals surface area contributed by atoms with Gasteiger partial charge in [0.15, 0.2) is 11.3 Å². The first kappa shape index (κ1) is 13.0. The largest absolute Gasteiger partial charge is 0.492 e. The van der Waals surface area contributed by atoms with Crippen molar-refractivity contribution in [3.63, 3.8) is 0 Å². The molecule has 0 atom stereocenters. The normalized spacial score (nSPS) is 11.4. The molecule has 3 nitrogen and oxygen atoms in total. The fourth-order valence-corrected chi connectivity index (χ4v) is 2.98. The number of methoxy groups -OCH3 is 2. The zero-order chi connectivity index (χ0) is 14.3. The highest BCUT2D eigenvalue weighted by Gasteiger charge is 2.19. The van der Waals surface area contributed by atoms with Crippen molar-refractivity contribution in [2.45, 2.75) is 20.5 Å². The van der Waals surface area contributed by atoms with Gasteiger partial charge in [-0.3, -0.25) is 0 Å². The van der Waals surface area contributed by atoms with Gasteiger partial charge in [-0.15, -0.1) is 0 Å². The fourth-order valence-electron chi connectivity index (χ4n) is 2.98. The van der Waals surface area contributed by atoms with Crippen molar-refractivity contribution in [3.8, 4) is 5.75 Å². The van der Waals surface area contributed by atoms with Gasteiger partial charge in [0.2, 0.25) is 0 Å². The third-order valence-electron chi connectivity index (χ3n) is 3.79. The number of benzene rings is 2. The maximum atomic E-state index is 5.73. The van der Waals surface area contributed by atoms with Crippen molar-refractivity contribution >= 4 is 21.7 Å². The summed E-state index contributed by atoms with van der Waals surface area (Å²) in [6.07, 6.45) is 1.78. The molecular formula is C17H18O3. The zero-order valence-electron chi connectivity index (χ0n) is 12.2. The summed E-state index contributed by atoms with van der Waals surface area (Å²) in [5.74, 6) is 0.798. The molecule has 3 rings (SSSR count). The van der Waals surface area contributed by atoms with Crippen molar-refractivity contribution < 1.29 is 13.9 Å². The Morgan fingerprint density at radius 2 is 1.85 bits per heavy atom. The summed E-state index contributed by atoms with van der Waals surface area (Å²) in [5, 5.41) is 3.37. The molecular weight excluding hydrogens is 252 g/mol. The van der Waals surface area contributed by atoms with Crippen LogP contribution in [0.15, 0.2) is 28.9 Å². The minimum absolute atomic E-state index is 0.558. The van der Waals surface area contributed by atoms with E-state index in [2.05, 4.69) is 26.0 Å². The van der Waals surface area contributed by atoms with Gasteiger partial charge < -0.3 is 13.9 Å². The molecule has 0 aliphatic heterocycles.